The van der Waals surface area contributed by atoms with Crippen LogP contribution in [0.1, 0.15) is 0 Å². The highest BCUT2D eigenvalue weighted by atomic mass is 32.2. The number of aromatic nitrogens is 1. The average Bonchev–Trinajstić information content (AvgIpc) is 2.78. The van der Waals surface area contributed by atoms with Crippen molar-refractivity contribution in [3.8, 4) is 16.9 Å². The zero-order valence-electron chi connectivity index (χ0n) is 16.0. The summed E-state index contributed by atoms with van der Waals surface area (Å²) in [7, 11) is 1.64. The van der Waals surface area contributed by atoms with Crippen LogP contribution < -0.4 is 10.1 Å². The lowest BCUT2D eigenvalue weighted by Crippen LogP contribution is -2.13. The zero-order chi connectivity index (χ0) is 20.1. The fraction of sp³-hybridized carbons (Fsp3) is 0.0833. The predicted octanol–water partition coefficient (Wildman–Crippen LogP) is 5.64. The molecular weight excluding hydrogens is 380 g/mol. The smallest absolute Gasteiger partial charge is 0.234 e. The molecule has 0 unspecified atom stereocenters. The van der Waals surface area contributed by atoms with E-state index in [9.17, 15) is 4.79 Å². The van der Waals surface area contributed by atoms with Crippen LogP contribution >= 0.6 is 11.8 Å². The Morgan fingerprint density at radius 2 is 1.69 bits per heavy atom. The van der Waals surface area contributed by atoms with Crippen molar-refractivity contribution in [1.29, 1.82) is 0 Å². The van der Waals surface area contributed by atoms with Gasteiger partial charge in [-0.1, -0.05) is 60.3 Å². The number of nitrogens with zero attached hydrogens (tertiary/aromatic N) is 1. The number of carbonyl (C=O) groups is 1. The maximum Gasteiger partial charge on any atom is 0.234 e. The highest BCUT2D eigenvalue weighted by Crippen LogP contribution is 2.33. The molecule has 0 bridgehead atoms. The van der Waals surface area contributed by atoms with E-state index in [-0.39, 0.29) is 11.7 Å². The summed E-state index contributed by atoms with van der Waals surface area (Å²) in [5, 5.41) is 4.76. The van der Waals surface area contributed by atoms with Gasteiger partial charge in [0.15, 0.2) is 0 Å². The number of pyridine rings is 1. The van der Waals surface area contributed by atoms with E-state index in [1.807, 2.05) is 72.8 Å². The fourth-order valence-electron chi connectivity index (χ4n) is 3.10. The van der Waals surface area contributed by atoms with Crippen LogP contribution in [0, 0.1) is 0 Å². The zero-order valence-corrected chi connectivity index (χ0v) is 16.8. The number of hydrogen-bond donors (Lipinski definition) is 1. The summed E-state index contributed by atoms with van der Waals surface area (Å²) in [5.74, 6) is 0.981. The van der Waals surface area contributed by atoms with Crippen LogP contribution in [-0.4, -0.2) is 23.8 Å². The number of methoxy groups -OCH3 is 1. The largest absolute Gasteiger partial charge is 0.497 e. The summed E-state index contributed by atoms with van der Waals surface area (Å²) in [6.07, 6.45) is 0. The first-order valence-electron chi connectivity index (χ1n) is 9.25. The number of para-hydroxylation sites is 1. The summed E-state index contributed by atoms with van der Waals surface area (Å²) < 4.78 is 5.36. The van der Waals surface area contributed by atoms with Crippen molar-refractivity contribution in [2.75, 3.05) is 18.2 Å². The van der Waals surface area contributed by atoms with Crippen molar-refractivity contribution in [3.05, 3.63) is 84.9 Å². The summed E-state index contributed by atoms with van der Waals surface area (Å²) in [6, 6.07) is 27.6. The van der Waals surface area contributed by atoms with Gasteiger partial charge in [-0.2, -0.15) is 0 Å². The molecule has 5 heteroatoms. The van der Waals surface area contributed by atoms with Gasteiger partial charge in [0.2, 0.25) is 5.91 Å². The fourth-order valence-corrected chi connectivity index (χ4v) is 3.81. The number of carbonyl (C=O) groups excluding carboxylic acids is 1. The Kier molecular flexibility index (Phi) is 5.77. The van der Waals surface area contributed by atoms with Crippen LogP contribution in [0.2, 0.25) is 0 Å². The molecule has 0 fully saturated rings. The van der Waals surface area contributed by atoms with Gasteiger partial charge < -0.3 is 10.1 Å². The van der Waals surface area contributed by atoms with Gasteiger partial charge >= 0.3 is 0 Å². The summed E-state index contributed by atoms with van der Waals surface area (Å²) in [5.41, 5.74) is 3.83. The van der Waals surface area contributed by atoms with E-state index >= 15 is 0 Å². The molecule has 29 heavy (non-hydrogen) atoms. The second-order valence-corrected chi connectivity index (χ2v) is 7.46. The van der Waals surface area contributed by atoms with Crippen molar-refractivity contribution in [1.82, 2.24) is 4.98 Å². The molecule has 4 nitrogen and oxygen atoms in total. The summed E-state index contributed by atoms with van der Waals surface area (Å²) in [4.78, 5) is 17.1. The van der Waals surface area contributed by atoms with Crippen molar-refractivity contribution in [2.24, 2.45) is 0 Å². The number of nitrogens with one attached hydrogen (secondary N) is 1. The minimum Gasteiger partial charge on any atom is -0.497 e. The molecule has 0 atom stereocenters. The Labute approximate surface area is 173 Å². The van der Waals surface area contributed by atoms with Crippen LogP contribution in [0.25, 0.3) is 22.0 Å². The second-order valence-electron chi connectivity index (χ2n) is 6.46. The SMILES string of the molecule is COc1ccc2c(-c3ccccc3)cc(SCC(=O)Nc3ccccc3)nc2c1. The molecule has 0 aliphatic heterocycles. The topological polar surface area (TPSA) is 51.2 Å². The number of hydrogen-bond acceptors (Lipinski definition) is 4. The number of benzene rings is 3. The van der Waals surface area contributed by atoms with Gasteiger partial charge in [0.25, 0.3) is 0 Å². The molecule has 0 spiro atoms. The van der Waals surface area contributed by atoms with Gasteiger partial charge in [-0.3, -0.25) is 4.79 Å². The summed E-state index contributed by atoms with van der Waals surface area (Å²) >= 11 is 1.42. The van der Waals surface area contributed by atoms with Crippen LogP contribution in [0.4, 0.5) is 5.69 Å². The van der Waals surface area contributed by atoms with Crippen LogP contribution in [0.5, 0.6) is 5.75 Å². The average molecular weight is 401 g/mol. The number of anilines is 1. The number of amides is 1. The number of rotatable bonds is 6. The molecule has 0 aliphatic carbocycles. The monoisotopic (exact) mass is 400 g/mol. The van der Waals surface area contributed by atoms with E-state index in [0.29, 0.717) is 0 Å². The van der Waals surface area contributed by atoms with E-state index in [4.69, 9.17) is 9.72 Å². The number of ether oxygens (including phenoxy) is 1. The third-order valence-corrected chi connectivity index (χ3v) is 5.40. The molecule has 3 aromatic carbocycles. The lowest BCUT2D eigenvalue weighted by atomic mass is 10.0. The first-order valence-corrected chi connectivity index (χ1v) is 10.2. The van der Waals surface area contributed by atoms with E-state index < -0.39 is 0 Å². The molecule has 1 N–H and O–H groups in total. The van der Waals surface area contributed by atoms with Gasteiger partial charge in [0.05, 0.1) is 23.4 Å². The van der Waals surface area contributed by atoms with Crippen LogP contribution in [-0.2, 0) is 4.79 Å². The Hall–Kier alpha value is -3.31. The standard InChI is InChI=1S/C24H20N2O2S/c1-28-19-12-13-20-21(17-8-4-2-5-9-17)15-24(26-22(20)14-19)29-16-23(27)25-18-10-6-3-7-11-18/h2-15H,16H2,1H3,(H,25,27). The lowest BCUT2D eigenvalue weighted by molar-refractivity contribution is -0.113. The number of fused-ring (bicyclic) bond motifs is 1. The Morgan fingerprint density at radius 3 is 2.41 bits per heavy atom. The maximum atomic E-state index is 12.3. The van der Waals surface area contributed by atoms with Gasteiger partial charge in [0.1, 0.15) is 5.75 Å². The van der Waals surface area contributed by atoms with E-state index in [1.54, 1.807) is 7.11 Å². The molecule has 144 valence electrons. The predicted molar refractivity (Wildman–Crippen MR) is 120 cm³/mol. The normalized spacial score (nSPS) is 10.7. The van der Waals surface area contributed by atoms with Crippen molar-refractivity contribution in [2.45, 2.75) is 5.03 Å². The Morgan fingerprint density at radius 1 is 0.966 bits per heavy atom. The maximum absolute atomic E-state index is 12.3. The van der Waals surface area contributed by atoms with Gasteiger partial charge in [-0.05, 0) is 41.5 Å². The molecule has 1 aromatic heterocycles. The number of thioether (sulfide) groups is 1. The molecular formula is C24H20N2O2S. The molecule has 4 aromatic rings. The summed E-state index contributed by atoms with van der Waals surface area (Å²) in [6.45, 7) is 0. The first kappa shape index (κ1) is 19.0. The van der Waals surface area contributed by atoms with E-state index in [1.165, 1.54) is 11.8 Å². The molecule has 0 aliphatic rings. The molecule has 0 saturated heterocycles. The second kappa shape index (κ2) is 8.80. The minimum atomic E-state index is -0.0602. The Bertz CT molecular complexity index is 1130. The van der Waals surface area contributed by atoms with Crippen LogP contribution in [0.15, 0.2) is 90.0 Å². The van der Waals surface area contributed by atoms with Gasteiger partial charge in [0, 0.05) is 17.1 Å². The van der Waals surface area contributed by atoms with Crippen molar-refractivity contribution < 1.29 is 9.53 Å². The Balaban J connectivity index is 1.62. The third-order valence-electron chi connectivity index (χ3n) is 4.49. The third kappa shape index (κ3) is 4.58. The molecule has 1 amide bonds. The molecule has 1 heterocycles. The minimum absolute atomic E-state index is 0.0602. The molecule has 0 radical (unpaired) electrons. The molecule has 0 saturated carbocycles. The van der Waals surface area contributed by atoms with Crippen molar-refractivity contribution >= 4 is 34.3 Å². The highest BCUT2D eigenvalue weighted by molar-refractivity contribution is 7.99. The van der Waals surface area contributed by atoms with E-state index in [0.717, 1.165) is 38.5 Å². The van der Waals surface area contributed by atoms with Crippen molar-refractivity contribution in [3.63, 3.8) is 0 Å². The van der Waals surface area contributed by atoms with E-state index in [2.05, 4.69) is 17.4 Å². The molecule has 4 rings (SSSR count). The highest BCUT2D eigenvalue weighted by Gasteiger charge is 2.11. The lowest BCUT2D eigenvalue weighted by Gasteiger charge is -2.11. The quantitative estimate of drug-likeness (QED) is 0.426. The van der Waals surface area contributed by atoms with Gasteiger partial charge in [-0.15, -0.1) is 0 Å². The van der Waals surface area contributed by atoms with Crippen LogP contribution in [0.3, 0.4) is 0 Å². The van der Waals surface area contributed by atoms with Gasteiger partial charge in [-0.25, -0.2) is 4.98 Å². The first-order chi connectivity index (χ1) is 14.2.